The lowest BCUT2D eigenvalue weighted by molar-refractivity contribution is -0.163. The molecule has 77 heavy (non-hydrogen) atoms. The van der Waals surface area contributed by atoms with Gasteiger partial charge in [0.15, 0.2) is 0 Å². The third-order valence-electron chi connectivity index (χ3n) is 10.0. The fourth-order valence-corrected chi connectivity index (χ4v) is 7.11. The Morgan fingerprint density at radius 1 is 0.442 bits per heavy atom. The Morgan fingerprint density at radius 2 is 0.792 bits per heavy atom. The summed E-state index contributed by atoms with van der Waals surface area (Å²) in [7, 11) is 0. The number of carbonyl (C=O) groups is 8. The molecule has 0 aromatic heterocycles. The number of rotatable bonds is 22. The summed E-state index contributed by atoms with van der Waals surface area (Å²) >= 11 is 0. The van der Waals surface area contributed by atoms with Crippen LogP contribution in [0.1, 0.15) is 137 Å². The van der Waals surface area contributed by atoms with Crippen molar-refractivity contribution in [3.8, 4) is 0 Å². The number of amides is 4. The second-order valence-corrected chi connectivity index (χ2v) is 24.8. The van der Waals surface area contributed by atoms with E-state index in [4.69, 9.17) is 37.9 Å². The molecule has 0 bridgehead atoms. The molecule has 1 rings (SSSR count). The van der Waals surface area contributed by atoms with Crippen molar-refractivity contribution in [1.82, 2.24) is 40.7 Å². The van der Waals surface area contributed by atoms with Gasteiger partial charge in [0.05, 0.1) is 46.1 Å². The Kier molecular flexibility index (Phi) is 29.4. The van der Waals surface area contributed by atoms with Crippen LogP contribution < -0.4 is 16.1 Å². The molecule has 0 unspecified atom stereocenters. The Hall–Kier alpha value is -4.88. The van der Waals surface area contributed by atoms with E-state index >= 15 is 0 Å². The van der Waals surface area contributed by atoms with Crippen molar-refractivity contribution in [2.24, 2.45) is 0 Å². The van der Waals surface area contributed by atoms with E-state index in [9.17, 15) is 38.4 Å². The molecule has 0 spiro atoms. The van der Waals surface area contributed by atoms with Gasteiger partial charge in [0, 0.05) is 71.9 Å². The maximum atomic E-state index is 14.2. The fourth-order valence-electron chi connectivity index (χ4n) is 7.11. The zero-order valence-corrected chi connectivity index (χ0v) is 50.0. The molecule has 24 nitrogen and oxygen atoms in total. The van der Waals surface area contributed by atoms with Crippen molar-refractivity contribution in [3.05, 3.63) is 0 Å². The summed E-state index contributed by atoms with van der Waals surface area (Å²) in [6, 6.07) is -0.894. The van der Waals surface area contributed by atoms with Crippen LogP contribution in [0.5, 0.6) is 0 Å². The van der Waals surface area contributed by atoms with Gasteiger partial charge in [-0.15, -0.1) is 0 Å². The van der Waals surface area contributed by atoms with Crippen molar-refractivity contribution in [1.29, 1.82) is 0 Å². The van der Waals surface area contributed by atoms with E-state index in [0.29, 0.717) is 39.3 Å². The highest BCUT2D eigenvalue weighted by Gasteiger charge is 2.34. The van der Waals surface area contributed by atoms with Crippen molar-refractivity contribution < 1.29 is 76.3 Å². The smallest absolute Gasteiger partial charge is 0.429 e. The number of nitrogens with zero attached hydrogens (tertiary/aromatic N) is 5. The molecule has 446 valence electrons. The molecule has 1 aliphatic rings. The molecule has 0 saturated carbocycles. The van der Waals surface area contributed by atoms with Crippen LogP contribution >= 0.6 is 0 Å². The van der Waals surface area contributed by atoms with Gasteiger partial charge in [-0.05, 0) is 131 Å². The molecule has 1 saturated heterocycles. The van der Waals surface area contributed by atoms with Crippen LogP contribution in [0.2, 0.25) is 0 Å². The van der Waals surface area contributed by atoms with Crippen LogP contribution in [0.15, 0.2) is 0 Å². The zero-order chi connectivity index (χ0) is 59.0. The lowest BCUT2D eigenvalue weighted by atomic mass is 10.1. The van der Waals surface area contributed by atoms with Crippen LogP contribution in [-0.4, -0.2) is 230 Å². The molecular weight excluding hydrogens is 1000 g/mol. The Bertz CT molecular complexity index is 1830. The van der Waals surface area contributed by atoms with Crippen molar-refractivity contribution in [2.75, 3.05) is 118 Å². The van der Waals surface area contributed by atoms with Crippen LogP contribution in [0, 0.1) is 0 Å². The monoisotopic (exact) mass is 1100 g/mol. The van der Waals surface area contributed by atoms with Gasteiger partial charge in [-0.2, -0.15) is 0 Å². The lowest BCUT2D eigenvalue weighted by Crippen LogP contribution is -2.53. The van der Waals surface area contributed by atoms with Gasteiger partial charge >= 0.3 is 36.1 Å². The zero-order valence-electron chi connectivity index (χ0n) is 50.0. The minimum absolute atomic E-state index is 0.0163. The second kappa shape index (κ2) is 32.3. The lowest BCUT2D eigenvalue weighted by Gasteiger charge is -2.37. The van der Waals surface area contributed by atoms with Crippen molar-refractivity contribution >= 4 is 47.9 Å². The van der Waals surface area contributed by atoms with Gasteiger partial charge in [0.1, 0.15) is 46.2 Å². The summed E-state index contributed by atoms with van der Waals surface area (Å²) in [4.78, 5) is 113. The van der Waals surface area contributed by atoms with Gasteiger partial charge in [0.2, 0.25) is 11.8 Å². The molecule has 0 radical (unpaired) electrons. The Balaban J connectivity index is 3.07. The van der Waals surface area contributed by atoms with Crippen molar-refractivity contribution in [2.45, 2.75) is 177 Å². The highest BCUT2D eigenvalue weighted by atomic mass is 16.6. The number of nitrogens with one attached hydrogen (secondary N) is 3. The second-order valence-electron chi connectivity index (χ2n) is 24.8. The standard InChI is InChI=1S/C53H98N8O16/c1-48(2,3)72-42(64)36-57-23-25-58(37-43(65)73-49(4,5)6)27-29-60(30-28-59(26-24-57)38-44(66)74-50(7,8)9)39(45(67)75-51(10,11)12)19-20-40(62)54-21-31-70-33-34-71-32-22-55-41(63)35-61(47(69)77-53(16,17)18)56-46(68)76-52(13,14)15/h39H,19-38H2,1-18H3,(H,54,62)(H,55,63)(H,56,68)/t39-/m1/s1. The van der Waals surface area contributed by atoms with Gasteiger partial charge in [0.25, 0.3) is 0 Å². The first-order chi connectivity index (χ1) is 35.2. The number of carbonyl (C=O) groups excluding carboxylic acids is 8. The highest BCUT2D eigenvalue weighted by Crippen LogP contribution is 2.18. The molecular formula is C53H98N8O16. The average Bonchev–Trinajstić information content (AvgIpc) is 3.20. The predicted octanol–water partition coefficient (Wildman–Crippen LogP) is 3.67. The quantitative estimate of drug-likeness (QED) is 0.0605. The van der Waals surface area contributed by atoms with Crippen LogP contribution in [-0.2, 0) is 66.7 Å². The molecule has 1 aliphatic heterocycles. The summed E-state index contributed by atoms with van der Waals surface area (Å²) < 4.78 is 44.7. The first kappa shape index (κ1) is 70.1. The first-order valence-corrected chi connectivity index (χ1v) is 26.7. The Morgan fingerprint density at radius 3 is 1.16 bits per heavy atom. The minimum atomic E-state index is -0.946. The summed E-state index contributed by atoms with van der Waals surface area (Å²) in [5.41, 5.74) is -2.50. The van der Waals surface area contributed by atoms with Crippen molar-refractivity contribution in [3.63, 3.8) is 0 Å². The molecule has 0 aromatic carbocycles. The maximum absolute atomic E-state index is 14.2. The summed E-state index contributed by atoms with van der Waals surface area (Å²) in [5, 5.41) is 6.18. The molecule has 1 heterocycles. The third kappa shape index (κ3) is 37.6. The maximum Gasteiger partial charge on any atom is 0.429 e. The normalized spacial score (nSPS) is 15.9. The number of hydrogen-bond donors (Lipinski definition) is 3. The van der Waals surface area contributed by atoms with E-state index in [1.54, 1.807) is 125 Å². The first-order valence-electron chi connectivity index (χ1n) is 26.7. The van der Waals surface area contributed by atoms with Gasteiger partial charge < -0.3 is 48.5 Å². The van der Waals surface area contributed by atoms with E-state index in [1.165, 1.54) is 0 Å². The largest absolute Gasteiger partial charge is 0.459 e. The number of ether oxygens (including phenoxy) is 8. The van der Waals surface area contributed by atoms with Gasteiger partial charge in [-0.3, -0.25) is 48.4 Å². The molecule has 1 fully saturated rings. The molecule has 0 aromatic rings. The summed E-state index contributed by atoms with van der Waals surface area (Å²) in [6.45, 7) is 34.1. The topological polar surface area (TPSA) is 263 Å². The fraction of sp³-hybridized carbons (Fsp3) is 0.849. The van der Waals surface area contributed by atoms with Gasteiger partial charge in [-0.25, -0.2) is 20.0 Å². The summed E-state index contributed by atoms with van der Waals surface area (Å²) in [5.74, 6) is -2.72. The van der Waals surface area contributed by atoms with E-state index in [2.05, 4.69) is 16.1 Å². The number of hydrogen-bond acceptors (Lipinski definition) is 20. The van der Waals surface area contributed by atoms with E-state index in [0.717, 1.165) is 5.01 Å². The van der Waals surface area contributed by atoms with Crippen LogP contribution in [0.25, 0.3) is 0 Å². The van der Waals surface area contributed by atoms with Gasteiger partial charge in [-0.1, -0.05) is 0 Å². The highest BCUT2D eigenvalue weighted by molar-refractivity contribution is 5.84. The van der Waals surface area contributed by atoms with Crippen LogP contribution in [0.3, 0.4) is 0 Å². The molecule has 4 amide bonds. The Labute approximate surface area is 458 Å². The minimum Gasteiger partial charge on any atom is -0.459 e. The molecule has 1 atom stereocenters. The predicted molar refractivity (Wildman–Crippen MR) is 287 cm³/mol. The molecule has 3 N–H and O–H groups in total. The van der Waals surface area contributed by atoms with E-state index in [-0.39, 0.29) is 91.0 Å². The average molecular weight is 1100 g/mol. The summed E-state index contributed by atoms with van der Waals surface area (Å²) in [6.07, 6.45) is -1.83. The SMILES string of the molecule is CC(C)(C)OC(=O)CN1CCN(CC(=O)OC(C)(C)C)CCN([C@H](CCC(=O)NCCOCCOCCNC(=O)CN(NC(=O)OC(C)(C)C)C(=O)OC(C)(C)C)C(=O)OC(C)(C)C)CCN(CC(=O)OC(C)(C)C)CC1. The van der Waals surface area contributed by atoms with E-state index < -0.39 is 88.2 Å². The molecule has 24 heteroatoms. The van der Waals surface area contributed by atoms with E-state index in [1.807, 2.05) is 19.6 Å². The number of hydrazine groups is 1. The third-order valence-corrected chi connectivity index (χ3v) is 10.0. The molecule has 0 aliphatic carbocycles. The van der Waals surface area contributed by atoms with Crippen LogP contribution in [0.4, 0.5) is 9.59 Å². The number of esters is 4.